The lowest BCUT2D eigenvalue weighted by molar-refractivity contribution is -0.0284. The maximum atomic E-state index is 5.97. The van der Waals surface area contributed by atoms with Crippen LogP contribution >= 0.6 is 0 Å². The molecule has 2 fully saturated rings. The van der Waals surface area contributed by atoms with E-state index in [-0.39, 0.29) is 6.10 Å². The van der Waals surface area contributed by atoms with Crippen LogP contribution in [0.3, 0.4) is 0 Å². The maximum Gasteiger partial charge on any atom is 0.191 e. The second kappa shape index (κ2) is 11.5. The predicted molar refractivity (Wildman–Crippen MR) is 120 cm³/mol. The Morgan fingerprint density at radius 3 is 2.59 bits per heavy atom. The Morgan fingerprint density at radius 2 is 1.90 bits per heavy atom. The summed E-state index contributed by atoms with van der Waals surface area (Å²) in [5, 5.41) is 7.04. The van der Waals surface area contributed by atoms with Gasteiger partial charge in [0.1, 0.15) is 0 Å². The first kappa shape index (κ1) is 22.1. The molecule has 2 aliphatic rings. The Kier molecular flexibility index (Phi) is 8.77. The van der Waals surface area contributed by atoms with Crippen molar-refractivity contribution in [3.8, 4) is 0 Å². The standard InChI is InChI=1S/C23H39N5O/c1-19(2)17-27-13-14-29-21(18-27)15-25-23(24-3)26-16-22(28-11-7-8-12-28)20-9-5-4-6-10-20/h4-6,9-10,19,21-22H,7-8,11-18H2,1-3H3,(H2,24,25,26). The third kappa shape index (κ3) is 6.98. The second-order valence-corrected chi connectivity index (χ2v) is 8.65. The number of hydrogen-bond donors (Lipinski definition) is 2. The first-order valence-electron chi connectivity index (χ1n) is 11.2. The summed E-state index contributed by atoms with van der Waals surface area (Å²) in [6.07, 6.45) is 2.80. The van der Waals surface area contributed by atoms with E-state index in [1.807, 2.05) is 7.05 Å². The fourth-order valence-corrected chi connectivity index (χ4v) is 4.40. The smallest absolute Gasteiger partial charge is 0.191 e. The van der Waals surface area contributed by atoms with E-state index >= 15 is 0 Å². The summed E-state index contributed by atoms with van der Waals surface area (Å²) >= 11 is 0. The van der Waals surface area contributed by atoms with E-state index in [1.165, 1.54) is 31.5 Å². The van der Waals surface area contributed by atoms with Crippen LogP contribution in [0.5, 0.6) is 0 Å². The zero-order valence-corrected chi connectivity index (χ0v) is 18.4. The van der Waals surface area contributed by atoms with E-state index in [9.17, 15) is 0 Å². The number of ether oxygens (including phenoxy) is 1. The van der Waals surface area contributed by atoms with Crippen molar-refractivity contribution in [2.75, 3.05) is 59.5 Å². The number of aliphatic imine (C=N–C) groups is 1. The molecular weight excluding hydrogens is 362 g/mol. The molecule has 6 nitrogen and oxygen atoms in total. The molecule has 6 heteroatoms. The van der Waals surface area contributed by atoms with Gasteiger partial charge in [-0.3, -0.25) is 14.8 Å². The van der Waals surface area contributed by atoms with Crippen LogP contribution in [0.25, 0.3) is 0 Å². The van der Waals surface area contributed by atoms with Gasteiger partial charge < -0.3 is 15.4 Å². The zero-order chi connectivity index (χ0) is 20.5. The largest absolute Gasteiger partial charge is 0.374 e. The average molecular weight is 402 g/mol. The number of likely N-dealkylation sites (tertiary alicyclic amines) is 1. The number of nitrogens with zero attached hydrogens (tertiary/aromatic N) is 3. The van der Waals surface area contributed by atoms with Gasteiger partial charge in [-0.05, 0) is 37.4 Å². The molecule has 1 aromatic rings. The van der Waals surface area contributed by atoms with Crippen molar-refractivity contribution in [1.82, 2.24) is 20.4 Å². The minimum Gasteiger partial charge on any atom is -0.374 e. The summed E-state index contributed by atoms with van der Waals surface area (Å²) in [6, 6.07) is 11.2. The van der Waals surface area contributed by atoms with Crippen LogP contribution in [0, 0.1) is 5.92 Å². The van der Waals surface area contributed by atoms with E-state index in [2.05, 4.69) is 69.6 Å². The van der Waals surface area contributed by atoms with E-state index in [4.69, 9.17) is 4.74 Å². The minimum absolute atomic E-state index is 0.213. The molecule has 3 rings (SSSR count). The van der Waals surface area contributed by atoms with Crippen LogP contribution in [0.1, 0.15) is 38.3 Å². The lowest BCUT2D eigenvalue weighted by Gasteiger charge is -2.34. The molecule has 0 spiro atoms. The van der Waals surface area contributed by atoms with Gasteiger partial charge in [-0.1, -0.05) is 44.2 Å². The topological polar surface area (TPSA) is 52.1 Å². The van der Waals surface area contributed by atoms with E-state index in [1.54, 1.807) is 0 Å². The number of morpholine rings is 1. The van der Waals surface area contributed by atoms with Gasteiger partial charge in [0.15, 0.2) is 5.96 Å². The highest BCUT2D eigenvalue weighted by Crippen LogP contribution is 2.24. The quantitative estimate of drug-likeness (QED) is 0.517. The Labute approximate surface area is 176 Å². The van der Waals surface area contributed by atoms with Crippen LogP contribution in [0.2, 0.25) is 0 Å². The van der Waals surface area contributed by atoms with Crippen molar-refractivity contribution < 1.29 is 4.74 Å². The highest BCUT2D eigenvalue weighted by atomic mass is 16.5. The molecule has 0 radical (unpaired) electrons. The second-order valence-electron chi connectivity index (χ2n) is 8.65. The van der Waals surface area contributed by atoms with Crippen molar-refractivity contribution >= 4 is 5.96 Å². The number of nitrogens with one attached hydrogen (secondary N) is 2. The minimum atomic E-state index is 0.213. The molecule has 0 saturated carbocycles. The Bertz CT molecular complexity index is 615. The summed E-state index contributed by atoms with van der Waals surface area (Å²) in [5.41, 5.74) is 1.37. The molecule has 2 saturated heterocycles. The number of hydrogen-bond acceptors (Lipinski definition) is 4. The van der Waals surface area contributed by atoms with Gasteiger partial charge in [0.25, 0.3) is 0 Å². The highest BCUT2D eigenvalue weighted by molar-refractivity contribution is 5.79. The van der Waals surface area contributed by atoms with Gasteiger partial charge in [0.05, 0.1) is 18.8 Å². The number of benzene rings is 1. The van der Waals surface area contributed by atoms with Crippen LogP contribution in [-0.2, 0) is 4.74 Å². The third-order valence-electron chi connectivity index (χ3n) is 5.80. The lowest BCUT2D eigenvalue weighted by Crippen LogP contribution is -2.50. The number of rotatable bonds is 8. The molecule has 2 unspecified atom stereocenters. The molecule has 2 heterocycles. The molecule has 162 valence electrons. The first-order valence-corrected chi connectivity index (χ1v) is 11.2. The third-order valence-corrected chi connectivity index (χ3v) is 5.80. The first-order chi connectivity index (χ1) is 14.2. The lowest BCUT2D eigenvalue weighted by atomic mass is 10.1. The summed E-state index contributed by atoms with van der Waals surface area (Å²) in [7, 11) is 1.84. The molecule has 0 aromatic heterocycles. The molecule has 0 aliphatic carbocycles. The molecule has 0 amide bonds. The monoisotopic (exact) mass is 401 g/mol. The van der Waals surface area contributed by atoms with Crippen molar-refractivity contribution in [2.45, 2.75) is 38.8 Å². The fourth-order valence-electron chi connectivity index (χ4n) is 4.40. The summed E-state index contributed by atoms with van der Waals surface area (Å²) < 4.78 is 5.97. The van der Waals surface area contributed by atoms with E-state index < -0.39 is 0 Å². The van der Waals surface area contributed by atoms with E-state index in [0.29, 0.717) is 12.0 Å². The van der Waals surface area contributed by atoms with Gasteiger partial charge in [0, 0.05) is 39.8 Å². The van der Waals surface area contributed by atoms with Crippen LogP contribution in [0.4, 0.5) is 0 Å². The van der Waals surface area contributed by atoms with Crippen molar-refractivity contribution in [3.05, 3.63) is 35.9 Å². The van der Waals surface area contributed by atoms with Gasteiger partial charge in [0.2, 0.25) is 0 Å². The van der Waals surface area contributed by atoms with Crippen LogP contribution in [0.15, 0.2) is 35.3 Å². The summed E-state index contributed by atoms with van der Waals surface area (Å²) in [5.74, 6) is 1.55. The molecule has 2 atom stereocenters. The summed E-state index contributed by atoms with van der Waals surface area (Å²) in [6.45, 7) is 12.5. The Morgan fingerprint density at radius 1 is 1.14 bits per heavy atom. The van der Waals surface area contributed by atoms with Gasteiger partial charge >= 0.3 is 0 Å². The van der Waals surface area contributed by atoms with Gasteiger partial charge in [-0.15, -0.1) is 0 Å². The van der Waals surface area contributed by atoms with E-state index in [0.717, 1.165) is 45.3 Å². The Hall–Kier alpha value is -1.63. The average Bonchev–Trinajstić information content (AvgIpc) is 3.25. The summed E-state index contributed by atoms with van der Waals surface area (Å²) in [4.78, 5) is 9.54. The fraction of sp³-hybridized carbons (Fsp3) is 0.696. The molecular formula is C23H39N5O. The molecule has 2 N–H and O–H groups in total. The van der Waals surface area contributed by atoms with Crippen molar-refractivity contribution in [2.24, 2.45) is 10.9 Å². The normalized spacial score (nSPS) is 22.8. The van der Waals surface area contributed by atoms with Crippen molar-refractivity contribution in [3.63, 3.8) is 0 Å². The molecule has 1 aromatic carbocycles. The zero-order valence-electron chi connectivity index (χ0n) is 18.4. The SMILES string of the molecule is CN=C(NCC1CN(CC(C)C)CCO1)NCC(c1ccccc1)N1CCCC1. The van der Waals surface area contributed by atoms with Crippen molar-refractivity contribution in [1.29, 1.82) is 0 Å². The van der Waals surface area contributed by atoms with Crippen LogP contribution < -0.4 is 10.6 Å². The number of guanidine groups is 1. The van der Waals surface area contributed by atoms with Gasteiger partial charge in [-0.25, -0.2) is 0 Å². The Balaban J connectivity index is 1.49. The maximum absolute atomic E-state index is 5.97. The molecule has 0 bridgehead atoms. The highest BCUT2D eigenvalue weighted by Gasteiger charge is 2.24. The molecule has 2 aliphatic heterocycles. The predicted octanol–water partition coefficient (Wildman–Crippen LogP) is 2.35. The van der Waals surface area contributed by atoms with Crippen LogP contribution in [-0.4, -0.2) is 81.3 Å². The molecule has 29 heavy (non-hydrogen) atoms. The van der Waals surface area contributed by atoms with Gasteiger partial charge in [-0.2, -0.15) is 0 Å².